The van der Waals surface area contributed by atoms with E-state index in [-0.39, 0.29) is 10.5 Å². The average molecular weight is 412 g/mol. The lowest BCUT2D eigenvalue weighted by atomic mass is 10.2. The van der Waals surface area contributed by atoms with Crippen LogP contribution in [0.25, 0.3) is 0 Å². The smallest absolute Gasteiger partial charge is 0.261 e. The zero-order chi connectivity index (χ0) is 20.1. The van der Waals surface area contributed by atoms with Crippen LogP contribution in [0.15, 0.2) is 77.7 Å². The van der Waals surface area contributed by atoms with Gasteiger partial charge in [0.15, 0.2) is 0 Å². The summed E-state index contributed by atoms with van der Waals surface area (Å²) in [4.78, 5) is 12.3. The van der Waals surface area contributed by atoms with Crippen LogP contribution in [0, 0.1) is 11.3 Å². The maximum atomic E-state index is 12.5. The van der Waals surface area contributed by atoms with E-state index < -0.39 is 15.9 Å². The summed E-state index contributed by atoms with van der Waals surface area (Å²) < 4.78 is 27.4. The molecule has 0 aliphatic carbocycles. The van der Waals surface area contributed by atoms with Gasteiger partial charge in [-0.05, 0) is 66.7 Å². The van der Waals surface area contributed by atoms with Gasteiger partial charge in [0, 0.05) is 22.0 Å². The monoisotopic (exact) mass is 411 g/mol. The number of rotatable bonds is 5. The first-order chi connectivity index (χ1) is 13.4. The van der Waals surface area contributed by atoms with Crippen molar-refractivity contribution in [1.29, 1.82) is 5.26 Å². The standard InChI is InChI=1S/C20H14ClN3O3S/c21-16-6-8-17(9-7-16)24-28(26,27)19-10-4-15(5-11-19)20(25)23-18-3-1-2-14(12-18)13-22/h1-12,24H,(H,23,25). The molecule has 3 rings (SSSR count). The number of benzene rings is 3. The number of nitriles is 1. The third-order valence-corrected chi connectivity index (χ3v) is 5.42. The molecular formula is C20H14ClN3O3S. The van der Waals surface area contributed by atoms with Gasteiger partial charge in [0.2, 0.25) is 0 Å². The van der Waals surface area contributed by atoms with Crippen molar-refractivity contribution in [2.45, 2.75) is 4.90 Å². The average Bonchev–Trinajstić information content (AvgIpc) is 2.70. The Morgan fingerprint density at radius 1 is 0.929 bits per heavy atom. The molecule has 8 heteroatoms. The molecule has 0 unspecified atom stereocenters. The topological polar surface area (TPSA) is 99.1 Å². The van der Waals surface area contributed by atoms with Crippen LogP contribution in [0.4, 0.5) is 11.4 Å². The fourth-order valence-electron chi connectivity index (χ4n) is 2.39. The minimum absolute atomic E-state index is 0.0190. The quantitative estimate of drug-likeness (QED) is 0.655. The van der Waals surface area contributed by atoms with E-state index in [9.17, 15) is 13.2 Å². The van der Waals surface area contributed by atoms with Gasteiger partial charge >= 0.3 is 0 Å². The van der Waals surface area contributed by atoms with Crippen molar-refractivity contribution < 1.29 is 13.2 Å². The minimum Gasteiger partial charge on any atom is -0.322 e. The summed E-state index contributed by atoms with van der Waals surface area (Å²) >= 11 is 5.79. The molecule has 0 saturated carbocycles. The second-order valence-corrected chi connectivity index (χ2v) is 7.90. The third kappa shape index (κ3) is 4.68. The van der Waals surface area contributed by atoms with Crippen molar-refractivity contribution in [3.05, 3.63) is 88.9 Å². The molecule has 0 aliphatic rings. The number of sulfonamides is 1. The Kier molecular flexibility index (Phi) is 5.64. The van der Waals surface area contributed by atoms with Crippen LogP contribution in [0.1, 0.15) is 15.9 Å². The zero-order valence-corrected chi connectivity index (χ0v) is 16.0. The molecular weight excluding hydrogens is 398 g/mol. The fourth-order valence-corrected chi connectivity index (χ4v) is 3.57. The highest BCUT2D eigenvalue weighted by atomic mass is 35.5. The molecule has 0 bridgehead atoms. The summed E-state index contributed by atoms with van der Waals surface area (Å²) in [6.07, 6.45) is 0. The molecule has 0 spiro atoms. The Labute approximate surface area is 167 Å². The first-order valence-electron chi connectivity index (χ1n) is 8.07. The van der Waals surface area contributed by atoms with Crippen LogP contribution < -0.4 is 10.0 Å². The highest BCUT2D eigenvalue weighted by Crippen LogP contribution is 2.19. The van der Waals surface area contributed by atoms with Crippen molar-refractivity contribution in [3.63, 3.8) is 0 Å². The van der Waals surface area contributed by atoms with Gasteiger partial charge in [-0.2, -0.15) is 5.26 Å². The van der Waals surface area contributed by atoms with Crippen LogP contribution >= 0.6 is 11.6 Å². The lowest BCUT2D eigenvalue weighted by Gasteiger charge is -2.09. The van der Waals surface area contributed by atoms with Crippen molar-refractivity contribution >= 4 is 38.9 Å². The van der Waals surface area contributed by atoms with E-state index in [1.165, 1.54) is 24.3 Å². The Morgan fingerprint density at radius 3 is 2.25 bits per heavy atom. The van der Waals surface area contributed by atoms with Gasteiger partial charge in [-0.1, -0.05) is 17.7 Å². The lowest BCUT2D eigenvalue weighted by Crippen LogP contribution is -2.14. The molecule has 140 valence electrons. The zero-order valence-electron chi connectivity index (χ0n) is 14.4. The maximum Gasteiger partial charge on any atom is 0.261 e. The van der Waals surface area contributed by atoms with Crippen LogP contribution in [-0.2, 0) is 10.0 Å². The lowest BCUT2D eigenvalue weighted by molar-refractivity contribution is 0.102. The molecule has 6 nitrogen and oxygen atoms in total. The number of anilines is 2. The Morgan fingerprint density at radius 2 is 1.61 bits per heavy atom. The van der Waals surface area contributed by atoms with E-state index in [0.29, 0.717) is 22.0 Å². The largest absolute Gasteiger partial charge is 0.322 e. The van der Waals surface area contributed by atoms with Crippen molar-refractivity contribution in [3.8, 4) is 6.07 Å². The number of halogens is 1. The summed E-state index contributed by atoms with van der Waals surface area (Å²) in [6, 6.07) is 20.3. The van der Waals surface area contributed by atoms with Crippen molar-refractivity contribution in [2.75, 3.05) is 10.0 Å². The van der Waals surface area contributed by atoms with Gasteiger partial charge in [0.25, 0.3) is 15.9 Å². The molecule has 3 aromatic rings. The molecule has 0 fully saturated rings. The third-order valence-electron chi connectivity index (χ3n) is 3.77. The highest BCUT2D eigenvalue weighted by molar-refractivity contribution is 7.92. The van der Waals surface area contributed by atoms with E-state index in [1.807, 2.05) is 6.07 Å². The van der Waals surface area contributed by atoms with Crippen LogP contribution in [0.5, 0.6) is 0 Å². The van der Waals surface area contributed by atoms with Gasteiger partial charge in [-0.25, -0.2) is 8.42 Å². The number of nitrogens with one attached hydrogen (secondary N) is 2. The number of carbonyl (C=O) groups is 1. The molecule has 0 saturated heterocycles. The van der Waals surface area contributed by atoms with E-state index in [1.54, 1.807) is 48.5 Å². The summed E-state index contributed by atoms with van der Waals surface area (Å²) in [5.74, 6) is -0.412. The predicted molar refractivity (Wildman–Crippen MR) is 108 cm³/mol. The summed E-state index contributed by atoms with van der Waals surface area (Å²) in [6.45, 7) is 0. The second kappa shape index (κ2) is 8.13. The first-order valence-corrected chi connectivity index (χ1v) is 9.93. The Bertz CT molecular complexity index is 1150. The van der Waals surface area contributed by atoms with Gasteiger partial charge in [-0.15, -0.1) is 0 Å². The van der Waals surface area contributed by atoms with Gasteiger partial charge < -0.3 is 5.32 Å². The Balaban J connectivity index is 1.74. The van der Waals surface area contributed by atoms with Crippen LogP contribution in [0.3, 0.4) is 0 Å². The molecule has 1 amide bonds. The molecule has 2 N–H and O–H groups in total. The molecule has 0 atom stereocenters. The highest BCUT2D eigenvalue weighted by Gasteiger charge is 2.15. The Hall–Kier alpha value is -3.34. The number of nitrogens with zero attached hydrogens (tertiary/aromatic N) is 1. The summed E-state index contributed by atoms with van der Waals surface area (Å²) in [7, 11) is -3.80. The number of hydrogen-bond donors (Lipinski definition) is 2. The van der Waals surface area contributed by atoms with Crippen molar-refractivity contribution in [2.24, 2.45) is 0 Å². The minimum atomic E-state index is -3.80. The maximum absolute atomic E-state index is 12.5. The predicted octanol–water partition coefficient (Wildman–Crippen LogP) is 4.26. The second-order valence-electron chi connectivity index (χ2n) is 5.78. The summed E-state index contributed by atoms with van der Waals surface area (Å²) in [5.41, 5.74) is 1.56. The molecule has 0 aromatic heterocycles. The van der Waals surface area contributed by atoms with E-state index in [2.05, 4.69) is 10.0 Å². The molecule has 0 radical (unpaired) electrons. The van der Waals surface area contributed by atoms with E-state index in [4.69, 9.17) is 16.9 Å². The molecule has 0 aliphatic heterocycles. The van der Waals surface area contributed by atoms with Gasteiger partial charge in [0.1, 0.15) is 0 Å². The van der Waals surface area contributed by atoms with E-state index in [0.717, 1.165) is 0 Å². The molecule has 0 heterocycles. The number of carbonyl (C=O) groups excluding carboxylic acids is 1. The number of hydrogen-bond acceptors (Lipinski definition) is 4. The molecule has 28 heavy (non-hydrogen) atoms. The SMILES string of the molecule is N#Cc1cccc(NC(=O)c2ccc(S(=O)(=O)Nc3ccc(Cl)cc3)cc2)c1. The van der Waals surface area contributed by atoms with Crippen molar-refractivity contribution in [1.82, 2.24) is 0 Å². The number of amides is 1. The van der Waals surface area contributed by atoms with Crippen LogP contribution in [-0.4, -0.2) is 14.3 Å². The van der Waals surface area contributed by atoms with Gasteiger partial charge in [-0.3, -0.25) is 9.52 Å². The fraction of sp³-hybridized carbons (Fsp3) is 0. The molecule has 3 aromatic carbocycles. The van der Waals surface area contributed by atoms with Crippen LogP contribution in [0.2, 0.25) is 5.02 Å². The summed E-state index contributed by atoms with van der Waals surface area (Å²) in [5, 5.41) is 12.1. The van der Waals surface area contributed by atoms with E-state index >= 15 is 0 Å². The van der Waals surface area contributed by atoms with Gasteiger partial charge in [0.05, 0.1) is 16.5 Å². The normalized spacial score (nSPS) is 10.7. The first kappa shape index (κ1) is 19.4.